The molecule has 0 aliphatic carbocycles. The summed E-state index contributed by atoms with van der Waals surface area (Å²) in [5.41, 5.74) is 4.01. The molecule has 3 aromatic carbocycles. The number of rotatable bonds is 6. The lowest BCUT2D eigenvalue weighted by Crippen LogP contribution is -2.29. The highest BCUT2D eigenvalue weighted by molar-refractivity contribution is 6.35. The Morgan fingerprint density at radius 1 is 1.06 bits per heavy atom. The van der Waals surface area contributed by atoms with Gasteiger partial charge in [0.05, 0.1) is 11.1 Å². The molecule has 0 spiro atoms. The number of halogens is 1. The Morgan fingerprint density at radius 2 is 1.81 bits per heavy atom. The van der Waals surface area contributed by atoms with Gasteiger partial charge in [0, 0.05) is 23.6 Å². The first kappa shape index (κ1) is 20.9. The highest BCUT2D eigenvalue weighted by atomic mass is 35.5. The maximum atomic E-state index is 12.9. The standard InChI is InChI=1S/C26H23ClN2O2/c1-17-9-12-19(13-10-17)24(29-23(30)14-11-18-6-3-2-4-7-18)21-16-22(27)20-8-5-15-28-25(20)26(21)31/h2-10,12-13,15-16,24,31H,11,14H2,1H3,(H,29,30). The number of carbonyl (C=O) groups is 1. The van der Waals surface area contributed by atoms with Crippen LogP contribution in [0.5, 0.6) is 5.75 Å². The summed E-state index contributed by atoms with van der Waals surface area (Å²) in [5, 5.41) is 15.2. The molecule has 0 saturated carbocycles. The molecule has 156 valence electrons. The molecule has 0 bridgehead atoms. The van der Waals surface area contributed by atoms with Crippen LogP contribution in [0, 0.1) is 6.92 Å². The summed E-state index contributed by atoms with van der Waals surface area (Å²) >= 11 is 6.50. The molecule has 1 amide bonds. The van der Waals surface area contributed by atoms with Gasteiger partial charge < -0.3 is 10.4 Å². The summed E-state index contributed by atoms with van der Waals surface area (Å²) in [6.45, 7) is 2.01. The highest BCUT2D eigenvalue weighted by Gasteiger charge is 2.23. The van der Waals surface area contributed by atoms with Gasteiger partial charge in [0.25, 0.3) is 0 Å². The number of amides is 1. The molecular formula is C26H23ClN2O2. The molecule has 1 atom stereocenters. The summed E-state index contributed by atoms with van der Waals surface area (Å²) in [6.07, 6.45) is 2.59. The first-order valence-corrected chi connectivity index (χ1v) is 10.6. The van der Waals surface area contributed by atoms with Crippen molar-refractivity contribution in [2.75, 3.05) is 0 Å². The van der Waals surface area contributed by atoms with E-state index in [-0.39, 0.29) is 11.7 Å². The van der Waals surface area contributed by atoms with E-state index in [1.54, 1.807) is 18.3 Å². The van der Waals surface area contributed by atoms with Gasteiger partial charge in [-0.15, -0.1) is 0 Å². The van der Waals surface area contributed by atoms with Gasteiger partial charge in [-0.2, -0.15) is 0 Å². The molecule has 0 aliphatic rings. The normalized spacial score (nSPS) is 11.9. The van der Waals surface area contributed by atoms with E-state index in [4.69, 9.17) is 11.6 Å². The van der Waals surface area contributed by atoms with Crippen molar-refractivity contribution in [3.05, 3.63) is 106 Å². The number of hydrogen-bond acceptors (Lipinski definition) is 3. The Morgan fingerprint density at radius 3 is 2.55 bits per heavy atom. The van der Waals surface area contributed by atoms with E-state index >= 15 is 0 Å². The minimum atomic E-state index is -0.548. The Bertz CT molecular complexity index is 1210. The summed E-state index contributed by atoms with van der Waals surface area (Å²) in [5.74, 6) is -0.0833. The molecule has 0 fully saturated rings. The van der Waals surface area contributed by atoms with Gasteiger partial charge in [-0.05, 0) is 42.7 Å². The molecule has 1 heterocycles. The monoisotopic (exact) mass is 430 g/mol. The molecule has 0 radical (unpaired) electrons. The number of pyridine rings is 1. The molecule has 4 rings (SSSR count). The van der Waals surface area contributed by atoms with Crippen molar-refractivity contribution in [1.29, 1.82) is 0 Å². The van der Waals surface area contributed by atoms with Crippen LogP contribution in [0.3, 0.4) is 0 Å². The van der Waals surface area contributed by atoms with Gasteiger partial charge in [-0.3, -0.25) is 9.78 Å². The van der Waals surface area contributed by atoms with E-state index in [0.29, 0.717) is 34.3 Å². The van der Waals surface area contributed by atoms with Gasteiger partial charge in [-0.25, -0.2) is 0 Å². The smallest absolute Gasteiger partial charge is 0.221 e. The van der Waals surface area contributed by atoms with Gasteiger partial charge in [-0.1, -0.05) is 71.8 Å². The van der Waals surface area contributed by atoms with Gasteiger partial charge in [0.2, 0.25) is 5.91 Å². The number of aromatic nitrogens is 1. The molecule has 2 N–H and O–H groups in total. The first-order valence-electron chi connectivity index (χ1n) is 10.2. The van der Waals surface area contributed by atoms with Gasteiger partial charge in [0.15, 0.2) is 0 Å². The van der Waals surface area contributed by atoms with Gasteiger partial charge >= 0.3 is 0 Å². The first-order chi connectivity index (χ1) is 15.0. The number of carbonyl (C=O) groups excluding carboxylic acids is 1. The lowest BCUT2D eigenvalue weighted by Gasteiger charge is -2.22. The van der Waals surface area contributed by atoms with Crippen LogP contribution in [-0.2, 0) is 11.2 Å². The summed E-state index contributed by atoms with van der Waals surface area (Å²) in [7, 11) is 0. The zero-order valence-electron chi connectivity index (χ0n) is 17.2. The van der Waals surface area contributed by atoms with Crippen molar-refractivity contribution in [3.8, 4) is 5.75 Å². The number of benzene rings is 3. The average Bonchev–Trinajstić information content (AvgIpc) is 2.80. The maximum Gasteiger partial charge on any atom is 0.221 e. The van der Waals surface area contributed by atoms with Crippen molar-refractivity contribution in [2.24, 2.45) is 0 Å². The fraction of sp³-hybridized carbons (Fsp3) is 0.154. The minimum absolute atomic E-state index is 0.0222. The van der Waals surface area contributed by atoms with E-state index in [1.165, 1.54) is 0 Å². The van der Waals surface area contributed by atoms with E-state index in [9.17, 15) is 9.90 Å². The lowest BCUT2D eigenvalue weighted by molar-refractivity contribution is -0.121. The predicted octanol–water partition coefficient (Wildman–Crippen LogP) is 5.74. The number of phenolic OH excluding ortho intramolecular Hbond substituents is 1. The molecule has 4 nitrogen and oxygen atoms in total. The number of hydrogen-bond donors (Lipinski definition) is 2. The van der Waals surface area contributed by atoms with Crippen LogP contribution in [0.25, 0.3) is 10.9 Å². The van der Waals surface area contributed by atoms with E-state index in [2.05, 4.69) is 10.3 Å². The molecule has 31 heavy (non-hydrogen) atoms. The fourth-order valence-electron chi connectivity index (χ4n) is 3.66. The topological polar surface area (TPSA) is 62.2 Å². The molecule has 0 aliphatic heterocycles. The zero-order valence-corrected chi connectivity index (χ0v) is 17.9. The lowest BCUT2D eigenvalue weighted by atomic mass is 9.95. The molecule has 1 aromatic heterocycles. The number of phenols is 1. The minimum Gasteiger partial charge on any atom is -0.505 e. The molecular weight excluding hydrogens is 408 g/mol. The predicted molar refractivity (Wildman–Crippen MR) is 124 cm³/mol. The number of nitrogens with zero attached hydrogens (tertiary/aromatic N) is 1. The second kappa shape index (κ2) is 9.19. The van der Waals surface area contributed by atoms with Crippen LogP contribution in [0.1, 0.15) is 34.7 Å². The van der Waals surface area contributed by atoms with Crippen LogP contribution in [0.2, 0.25) is 5.02 Å². The summed E-state index contributed by atoms with van der Waals surface area (Å²) in [4.78, 5) is 17.2. The van der Waals surface area contributed by atoms with E-state index in [1.807, 2.05) is 67.6 Å². The third-order valence-electron chi connectivity index (χ3n) is 5.36. The second-order valence-electron chi connectivity index (χ2n) is 7.59. The Kier molecular flexibility index (Phi) is 6.19. The Labute approximate surface area is 186 Å². The molecule has 0 saturated heterocycles. The summed E-state index contributed by atoms with van der Waals surface area (Å²) < 4.78 is 0. The van der Waals surface area contributed by atoms with Crippen molar-refractivity contribution < 1.29 is 9.90 Å². The Hall–Kier alpha value is -3.37. The van der Waals surface area contributed by atoms with Crippen molar-refractivity contribution in [2.45, 2.75) is 25.8 Å². The van der Waals surface area contributed by atoms with Gasteiger partial charge in [0.1, 0.15) is 11.3 Å². The van der Waals surface area contributed by atoms with Crippen LogP contribution >= 0.6 is 11.6 Å². The van der Waals surface area contributed by atoms with E-state index in [0.717, 1.165) is 16.7 Å². The largest absolute Gasteiger partial charge is 0.505 e. The van der Waals surface area contributed by atoms with Crippen molar-refractivity contribution in [1.82, 2.24) is 10.3 Å². The number of fused-ring (bicyclic) bond motifs is 1. The van der Waals surface area contributed by atoms with E-state index < -0.39 is 6.04 Å². The molecule has 5 heteroatoms. The number of aryl methyl sites for hydroxylation is 2. The highest BCUT2D eigenvalue weighted by Crippen LogP contribution is 2.38. The van der Waals surface area contributed by atoms with Crippen LogP contribution in [-0.4, -0.2) is 16.0 Å². The van der Waals surface area contributed by atoms with Crippen LogP contribution < -0.4 is 5.32 Å². The van der Waals surface area contributed by atoms with Crippen molar-refractivity contribution in [3.63, 3.8) is 0 Å². The SMILES string of the molecule is Cc1ccc(C(NC(=O)CCc2ccccc2)c2cc(Cl)c3cccnc3c2O)cc1. The third kappa shape index (κ3) is 4.70. The summed E-state index contributed by atoms with van der Waals surface area (Å²) in [6, 6.07) is 22.5. The second-order valence-corrected chi connectivity index (χ2v) is 8.00. The number of nitrogens with one attached hydrogen (secondary N) is 1. The zero-order chi connectivity index (χ0) is 21.8. The third-order valence-corrected chi connectivity index (χ3v) is 5.67. The van der Waals surface area contributed by atoms with Crippen molar-refractivity contribution >= 4 is 28.4 Å². The Balaban J connectivity index is 1.68. The average molecular weight is 431 g/mol. The maximum absolute atomic E-state index is 12.9. The quantitative estimate of drug-likeness (QED) is 0.410. The number of aromatic hydroxyl groups is 1. The van der Waals surface area contributed by atoms with Crippen LogP contribution in [0.15, 0.2) is 79.0 Å². The fourth-order valence-corrected chi connectivity index (χ4v) is 3.93. The molecule has 1 unspecified atom stereocenters. The molecule has 4 aromatic rings. The van der Waals surface area contributed by atoms with Crippen LogP contribution in [0.4, 0.5) is 0 Å².